The molecule has 3 N–H and O–H groups in total. The second-order valence-electron chi connectivity index (χ2n) is 6.24. The number of ether oxygens (including phenoxy) is 1. The van der Waals surface area contributed by atoms with E-state index in [9.17, 15) is 19.8 Å². The van der Waals surface area contributed by atoms with E-state index in [2.05, 4.69) is 5.32 Å². The quantitative estimate of drug-likeness (QED) is 0.719. The highest BCUT2D eigenvalue weighted by atomic mass is 32.2. The van der Waals surface area contributed by atoms with E-state index in [1.54, 1.807) is 24.5 Å². The Kier molecular flexibility index (Phi) is 5.85. The van der Waals surface area contributed by atoms with Gasteiger partial charge in [-0.3, -0.25) is 9.69 Å². The number of benzene rings is 1. The summed E-state index contributed by atoms with van der Waals surface area (Å²) in [5, 5.41) is 24.4. The van der Waals surface area contributed by atoms with Crippen molar-refractivity contribution in [1.82, 2.24) is 5.32 Å². The van der Waals surface area contributed by atoms with Crippen LogP contribution in [0.15, 0.2) is 35.7 Å². The fraction of sp³-hybridized carbons (Fsp3) is 0.444. The van der Waals surface area contributed by atoms with Gasteiger partial charge in [0.2, 0.25) is 5.91 Å². The monoisotopic (exact) mass is 378 g/mol. The molecule has 3 unspecified atom stereocenters. The number of rotatable bonds is 5. The number of anilines is 1. The highest BCUT2D eigenvalue weighted by Gasteiger charge is 2.33. The molecule has 2 aliphatic rings. The maximum atomic E-state index is 12.1. The van der Waals surface area contributed by atoms with Crippen molar-refractivity contribution in [2.45, 2.75) is 36.9 Å². The number of aliphatic hydroxyl groups excluding tert-OH is 2. The number of nitrogens with one attached hydrogen (secondary N) is 1. The van der Waals surface area contributed by atoms with Crippen LogP contribution in [0.1, 0.15) is 24.8 Å². The molecule has 1 fully saturated rings. The van der Waals surface area contributed by atoms with E-state index >= 15 is 0 Å². The van der Waals surface area contributed by atoms with Crippen LogP contribution in [0, 0.1) is 0 Å². The van der Waals surface area contributed by atoms with Crippen LogP contribution < -0.4 is 10.2 Å². The van der Waals surface area contributed by atoms with Crippen LogP contribution in [0.25, 0.3) is 0 Å². The van der Waals surface area contributed by atoms with Crippen molar-refractivity contribution in [3.05, 3.63) is 41.3 Å². The molecular formula is C18H22N2O5S. The van der Waals surface area contributed by atoms with Gasteiger partial charge in [-0.05, 0) is 23.1 Å². The van der Waals surface area contributed by atoms with Crippen molar-refractivity contribution >= 4 is 29.4 Å². The fourth-order valence-corrected chi connectivity index (χ4v) is 3.71. The molecule has 0 radical (unpaired) electrons. The van der Waals surface area contributed by atoms with Crippen LogP contribution in [0.2, 0.25) is 0 Å². The summed E-state index contributed by atoms with van der Waals surface area (Å²) >= 11 is 1.18. The highest BCUT2D eigenvalue weighted by molar-refractivity contribution is 8.02. The van der Waals surface area contributed by atoms with Gasteiger partial charge in [0, 0.05) is 18.0 Å². The summed E-state index contributed by atoms with van der Waals surface area (Å²) in [6.45, 7) is 2.42. The zero-order valence-electron chi connectivity index (χ0n) is 14.4. The molecule has 7 nitrogen and oxygen atoms in total. The number of nitrogens with zero attached hydrogens (tertiary/aromatic N) is 1. The first kappa shape index (κ1) is 18.8. The molecule has 2 amide bonds. The van der Waals surface area contributed by atoms with Crippen LogP contribution in [0.3, 0.4) is 0 Å². The average molecular weight is 378 g/mol. The molecule has 2 aliphatic heterocycles. The molecule has 140 valence electrons. The van der Waals surface area contributed by atoms with E-state index in [0.29, 0.717) is 25.2 Å². The summed E-state index contributed by atoms with van der Waals surface area (Å²) in [4.78, 5) is 24.9. The lowest BCUT2D eigenvalue weighted by Gasteiger charge is -2.27. The third-order valence-corrected chi connectivity index (χ3v) is 5.35. The van der Waals surface area contributed by atoms with Crippen molar-refractivity contribution in [2.24, 2.45) is 0 Å². The fourth-order valence-electron chi connectivity index (χ4n) is 2.96. The van der Waals surface area contributed by atoms with Gasteiger partial charge in [0.25, 0.3) is 0 Å². The van der Waals surface area contributed by atoms with Crippen LogP contribution in [0.5, 0.6) is 0 Å². The minimum atomic E-state index is -0.876. The van der Waals surface area contributed by atoms with E-state index in [4.69, 9.17) is 4.74 Å². The van der Waals surface area contributed by atoms with Gasteiger partial charge in [-0.25, -0.2) is 4.79 Å². The zero-order chi connectivity index (χ0) is 18.7. The van der Waals surface area contributed by atoms with Crippen LogP contribution in [-0.2, 0) is 9.53 Å². The van der Waals surface area contributed by atoms with Crippen molar-refractivity contribution < 1.29 is 24.5 Å². The number of hydrogen-bond acceptors (Lipinski definition) is 6. The first-order valence-corrected chi connectivity index (χ1v) is 9.47. The smallest absolute Gasteiger partial charge is 0.414 e. The molecule has 2 heterocycles. The Morgan fingerprint density at radius 1 is 1.35 bits per heavy atom. The van der Waals surface area contributed by atoms with E-state index in [1.807, 2.05) is 18.2 Å². The molecule has 26 heavy (non-hydrogen) atoms. The Labute approximate surface area is 156 Å². The lowest BCUT2D eigenvalue weighted by molar-refractivity contribution is -0.121. The van der Waals surface area contributed by atoms with Gasteiger partial charge in [-0.15, -0.1) is 11.8 Å². The van der Waals surface area contributed by atoms with Crippen LogP contribution in [0.4, 0.5) is 10.5 Å². The highest BCUT2D eigenvalue weighted by Crippen LogP contribution is 2.34. The first-order valence-electron chi connectivity index (χ1n) is 8.52. The number of thioether (sulfide) groups is 1. The summed E-state index contributed by atoms with van der Waals surface area (Å²) in [5.74, 6) is -0.369. The Bertz CT molecular complexity index is 693. The normalized spacial score (nSPS) is 28.1. The second kappa shape index (κ2) is 8.11. The van der Waals surface area contributed by atoms with E-state index in [1.165, 1.54) is 16.7 Å². The first-order chi connectivity index (χ1) is 12.5. The van der Waals surface area contributed by atoms with Crippen molar-refractivity contribution in [3.63, 3.8) is 0 Å². The third-order valence-electron chi connectivity index (χ3n) is 4.48. The standard InChI is InChI=1S/C18H22N2O5S/c1-2-15(21)19-9-13-10-20(18(24)25-13)12-5-3-11(4-6-12)14-7-8-26-17(23)16(14)22/h3-8,13-14,16-17,22-23H,2,9-10H2,1H3,(H,19,21)/t13-,14?,16?,17?/m0/s1. The molecule has 1 aromatic carbocycles. The van der Waals surface area contributed by atoms with Gasteiger partial charge in [0.1, 0.15) is 11.5 Å². The Balaban J connectivity index is 1.65. The predicted octanol–water partition coefficient (Wildman–Crippen LogP) is 1.56. The molecule has 8 heteroatoms. The SMILES string of the molecule is CCC(=O)NC[C@H]1CN(c2ccc(C3C=CSC(O)C3O)cc2)C(=O)O1. The van der Waals surface area contributed by atoms with Crippen molar-refractivity contribution in [3.8, 4) is 0 Å². The maximum absolute atomic E-state index is 12.1. The summed E-state index contributed by atoms with van der Waals surface area (Å²) in [5.41, 5.74) is 0.695. The summed E-state index contributed by atoms with van der Waals surface area (Å²) in [7, 11) is 0. The molecule has 1 saturated heterocycles. The third kappa shape index (κ3) is 4.03. The Morgan fingerprint density at radius 2 is 2.08 bits per heavy atom. The van der Waals surface area contributed by atoms with Crippen LogP contribution >= 0.6 is 11.8 Å². The molecule has 0 aromatic heterocycles. The number of hydrogen-bond donors (Lipinski definition) is 3. The number of aliphatic hydroxyl groups is 2. The largest absolute Gasteiger partial charge is 0.442 e. The molecular weight excluding hydrogens is 356 g/mol. The minimum absolute atomic E-state index is 0.0803. The van der Waals surface area contributed by atoms with Gasteiger partial charge in [-0.2, -0.15) is 0 Å². The molecule has 3 rings (SSSR count). The van der Waals surface area contributed by atoms with Gasteiger partial charge in [0.05, 0.1) is 19.2 Å². The number of cyclic esters (lactones) is 1. The van der Waals surface area contributed by atoms with Gasteiger partial charge in [-0.1, -0.05) is 25.1 Å². The Hall–Kier alpha value is -2.03. The van der Waals surface area contributed by atoms with Crippen molar-refractivity contribution in [1.29, 1.82) is 0 Å². The van der Waals surface area contributed by atoms with E-state index < -0.39 is 17.6 Å². The van der Waals surface area contributed by atoms with Crippen LogP contribution in [-0.4, -0.2) is 52.9 Å². The summed E-state index contributed by atoms with van der Waals surface area (Å²) in [6, 6.07) is 7.24. The molecule has 4 atom stereocenters. The summed E-state index contributed by atoms with van der Waals surface area (Å²) in [6.07, 6.45) is 0.540. The topological polar surface area (TPSA) is 99.1 Å². The van der Waals surface area contributed by atoms with Gasteiger partial charge >= 0.3 is 6.09 Å². The summed E-state index contributed by atoms with van der Waals surface area (Å²) < 4.78 is 5.29. The van der Waals surface area contributed by atoms with Gasteiger partial charge in [0.15, 0.2) is 0 Å². The second-order valence-corrected chi connectivity index (χ2v) is 7.26. The lowest BCUT2D eigenvalue weighted by atomic mass is 9.93. The maximum Gasteiger partial charge on any atom is 0.414 e. The van der Waals surface area contributed by atoms with E-state index in [-0.39, 0.29) is 17.9 Å². The molecule has 0 bridgehead atoms. The molecule has 0 spiro atoms. The van der Waals surface area contributed by atoms with Gasteiger partial charge < -0.3 is 20.3 Å². The molecule has 0 aliphatic carbocycles. The average Bonchev–Trinajstić information content (AvgIpc) is 3.03. The number of carbonyl (C=O) groups is 2. The zero-order valence-corrected chi connectivity index (χ0v) is 15.2. The van der Waals surface area contributed by atoms with E-state index in [0.717, 1.165) is 5.56 Å². The van der Waals surface area contributed by atoms with Crippen molar-refractivity contribution in [2.75, 3.05) is 18.0 Å². The lowest BCUT2D eigenvalue weighted by Crippen LogP contribution is -2.34. The Morgan fingerprint density at radius 3 is 2.77 bits per heavy atom. The molecule has 1 aromatic rings. The number of carbonyl (C=O) groups excluding carboxylic acids is 2. The minimum Gasteiger partial charge on any atom is -0.442 e. The predicted molar refractivity (Wildman–Crippen MR) is 98.8 cm³/mol. The number of amides is 2. The molecule has 0 saturated carbocycles.